The average Bonchev–Trinajstić information content (AvgIpc) is 2.91. The zero-order valence-electron chi connectivity index (χ0n) is 14.2. The minimum absolute atomic E-state index is 0.00809. The molecule has 0 amide bonds. The predicted molar refractivity (Wildman–Crippen MR) is 99.1 cm³/mol. The van der Waals surface area contributed by atoms with E-state index in [9.17, 15) is 4.79 Å². The van der Waals surface area contributed by atoms with Crippen molar-refractivity contribution in [1.29, 1.82) is 0 Å². The largest absolute Gasteiger partial charge is 0.395 e. The van der Waals surface area contributed by atoms with E-state index in [1.165, 1.54) is 11.3 Å². The van der Waals surface area contributed by atoms with Crippen molar-refractivity contribution in [2.45, 2.75) is 40.2 Å². The van der Waals surface area contributed by atoms with Crippen molar-refractivity contribution < 1.29 is 5.11 Å². The van der Waals surface area contributed by atoms with Crippen LogP contribution in [-0.2, 0) is 6.54 Å². The quantitative estimate of drug-likeness (QED) is 0.717. The Bertz CT molecular complexity index is 945. The third kappa shape index (κ3) is 2.89. The fourth-order valence-electron chi connectivity index (χ4n) is 2.89. The Morgan fingerprint density at radius 1 is 1.33 bits per heavy atom. The van der Waals surface area contributed by atoms with Gasteiger partial charge in [0.05, 0.1) is 6.61 Å². The van der Waals surface area contributed by atoms with Gasteiger partial charge in [-0.25, -0.2) is 9.97 Å². The van der Waals surface area contributed by atoms with Gasteiger partial charge in [0, 0.05) is 24.2 Å². The Morgan fingerprint density at radius 2 is 2.12 bits per heavy atom. The maximum Gasteiger partial charge on any atom is 0.272 e. The smallest absolute Gasteiger partial charge is 0.272 e. The molecule has 0 atom stereocenters. The van der Waals surface area contributed by atoms with Crippen molar-refractivity contribution in [1.82, 2.24) is 14.5 Å². The lowest BCUT2D eigenvalue weighted by Crippen LogP contribution is -2.25. The Balaban J connectivity index is 2.30. The monoisotopic (exact) mass is 346 g/mol. The number of rotatable bonds is 6. The van der Waals surface area contributed by atoms with E-state index in [2.05, 4.69) is 17.2 Å². The summed E-state index contributed by atoms with van der Waals surface area (Å²) in [6.07, 6.45) is 1.90. The Kier molecular flexibility index (Phi) is 4.82. The minimum atomic E-state index is -0.0334. The predicted octanol–water partition coefficient (Wildman–Crippen LogP) is 2.83. The van der Waals surface area contributed by atoms with Gasteiger partial charge in [-0.1, -0.05) is 13.3 Å². The molecule has 3 rings (SSSR count). The number of fused-ring (bicyclic) bond motifs is 3. The molecule has 0 spiro atoms. The third-order valence-electron chi connectivity index (χ3n) is 4.01. The van der Waals surface area contributed by atoms with E-state index < -0.39 is 0 Å². The average molecular weight is 346 g/mol. The molecule has 0 bridgehead atoms. The van der Waals surface area contributed by atoms with Gasteiger partial charge in [0.25, 0.3) is 5.56 Å². The third-order valence-corrected chi connectivity index (χ3v) is 5.07. The molecule has 0 aromatic carbocycles. The summed E-state index contributed by atoms with van der Waals surface area (Å²) >= 11 is 1.41. The van der Waals surface area contributed by atoms with Gasteiger partial charge >= 0.3 is 0 Å². The summed E-state index contributed by atoms with van der Waals surface area (Å²) in [5.41, 5.74) is 2.69. The number of thiophene rings is 1. The normalized spacial score (nSPS) is 11.5. The topological polar surface area (TPSA) is 80.0 Å². The van der Waals surface area contributed by atoms with Gasteiger partial charge < -0.3 is 10.4 Å². The number of unbranched alkanes of at least 4 members (excludes halogenated alkanes) is 1. The summed E-state index contributed by atoms with van der Waals surface area (Å²) in [5.74, 6) is 0.523. The summed E-state index contributed by atoms with van der Waals surface area (Å²) in [6.45, 7) is 7.04. The van der Waals surface area contributed by atoms with Crippen LogP contribution in [0, 0.1) is 13.8 Å². The van der Waals surface area contributed by atoms with Crippen LogP contribution in [0.3, 0.4) is 0 Å². The van der Waals surface area contributed by atoms with E-state index in [0.29, 0.717) is 29.3 Å². The second kappa shape index (κ2) is 6.86. The Hall–Kier alpha value is -1.99. The number of aliphatic hydroxyl groups excluding tert-OH is 1. The number of aromatic nitrogens is 3. The number of hydrogen-bond donors (Lipinski definition) is 2. The first kappa shape index (κ1) is 16.9. The summed E-state index contributed by atoms with van der Waals surface area (Å²) in [4.78, 5) is 23.1. The van der Waals surface area contributed by atoms with E-state index in [1.54, 1.807) is 4.57 Å². The van der Waals surface area contributed by atoms with Gasteiger partial charge in [-0.15, -0.1) is 11.3 Å². The van der Waals surface area contributed by atoms with Crippen molar-refractivity contribution >= 4 is 37.7 Å². The Labute approximate surface area is 144 Å². The van der Waals surface area contributed by atoms with Crippen LogP contribution in [0.5, 0.6) is 0 Å². The zero-order chi connectivity index (χ0) is 17.3. The highest BCUT2D eigenvalue weighted by atomic mass is 32.1. The molecule has 0 unspecified atom stereocenters. The molecular weight excluding hydrogens is 324 g/mol. The van der Waals surface area contributed by atoms with E-state index in [0.717, 1.165) is 34.3 Å². The molecule has 0 aliphatic carbocycles. The minimum Gasteiger partial charge on any atom is -0.395 e. The zero-order valence-corrected chi connectivity index (χ0v) is 15.0. The lowest BCUT2D eigenvalue weighted by molar-refractivity contribution is 0.310. The highest BCUT2D eigenvalue weighted by Gasteiger charge is 2.18. The number of nitrogens with zero attached hydrogens (tertiary/aromatic N) is 3. The van der Waals surface area contributed by atoms with Crippen LogP contribution in [0.25, 0.3) is 20.4 Å². The fourth-order valence-corrected chi connectivity index (χ4v) is 4.07. The Morgan fingerprint density at radius 3 is 2.83 bits per heavy atom. The van der Waals surface area contributed by atoms with Crippen LogP contribution in [0.2, 0.25) is 0 Å². The summed E-state index contributed by atoms with van der Waals surface area (Å²) in [6, 6.07) is 2.01. The molecule has 7 heteroatoms. The second-order valence-corrected chi connectivity index (χ2v) is 6.94. The van der Waals surface area contributed by atoms with E-state index in [1.807, 2.05) is 19.9 Å². The SMILES string of the molecule is CCCCn1c(NCCO)nc2c(sc3nc(C)cc(C)c32)c1=O. The van der Waals surface area contributed by atoms with Crippen molar-refractivity contribution in [2.24, 2.45) is 0 Å². The summed E-state index contributed by atoms with van der Waals surface area (Å²) < 4.78 is 2.33. The van der Waals surface area contributed by atoms with E-state index >= 15 is 0 Å². The number of anilines is 1. The lowest BCUT2D eigenvalue weighted by Gasteiger charge is -2.13. The van der Waals surface area contributed by atoms with Gasteiger partial charge in [0.2, 0.25) is 5.95 Å². The molecule has 3 aromatic rings. The molecule has 0 aliphatic heterocycles. The standard InChI is InChI=1S/C17H22N4O2S/c1-4-5-7-21-16(23)14-13(20-17(21)18-6-8-22)12-10(2)9-11(3)19-15(12)24-14/h9,22H,4-8H2,1-3H3,(H,18,20). The maximum atomic E-state index is 13.0. The van der Waals surface area contributed by atoms with Crippen LogP contribution in [0.4, 0.5) is 5.95 Å². The number of aliphatic hydroxyl groups is 1. The molecule has 24 heavy (non-hydrogen) atoms. The van der Waals surface area contributed by atoms with Gasteiger partial charge in [0.1, 0.15) is 15.0 Å². The fraction of sp³-hybridized carbons (Fsp3) is 0.471. The van der Waals surface area contributed by atoms with E-state index in [-0.39, 0.29) is 12.2 Å². The highest BCUT2D eigenvalue weighted by molar-refractivity contribution is 7.25. The van der Waals surface area contributed by atoms with Crippen LogP contribution < -0.4 is 10.9 Å². The summed E-state index contributed by atoms with van der Waals surface area (Å²) in [7, 11) is 0. The molecule has 0 saturated heterocycles. The molecule has 2 N–H and O–H groups in total. The first-order valence-electron chi connectivity index (χ1n) is 8.22. The molecule has 0 radical (unpaired) electrons. The summed E-state index contributed by atoms with van der Waals surface area (Å²) in [5, 5.41) is 13.1. The molecule has 0 saturated carbocycles. The molecular formula is C17H22N4O2S. The first-order chi connectivity index (χ1) is 11.6. The highest BCUT2D eigenvalue weighted by Crippen LogP contribution is 2.32. The van der Waals surface area contributed by atoms with Gasteiger partial charge in [0.15, 0.2) is 0 Å². The molecule has 128 valence electrons. The van der Waals surface area contributed by atoms with Crippen LogP contribution in [-0.4, -0.2) is 32.8 Å². The van der Waals surface area contributed by atoms with Gasteiger partial charge in [-0.3, -0.25) is 9.36 Å². The van der Waals surface area contributed by atoms with Crippen LogP contribution in [0.1, 0.15) is 31.0 Å². The first-order valence-corrected chi connectivity index (χ1v) is 9.04. The van der Waals surface area contributed by atoms with Gasteiger partial charge in [-0.2, -0.15) is 0 Å². The second-order valence-electron chi connectivity index (χ2n) is 5.94. The molecule has 0 fully saturated rings. The van der Waals surface area contributed by atoms with Crippen LogP contribution >= 0.6 is 11.3 Å². The van der Waals surface area contributed by atoms with Gasteiger partial charge in [-0.05, 0) is 31.9 Å². The van der Waals surface area contributed by atoms with E-state index in [4.69, 9.17) is 10.1 Å². The maximum absolute atomic E-state index is 13.0. The molecule has 6 nitrogen and oxygen atoms in total. The molecule has 0 aliphatic rings. The number of nitrogens with one attached hydrogen (secondary N) is 1. The van der Waals surface area contributed by atoms with Crippen LogP contribution in [0.15, 0.2) is 10.9 Å². The van der Waals surface area contributed by atoms with Crippen molar-refractivity contribution in [3.8, 4) is 0 Å². The lowest BCUT2D eigenvalue weighted by atomic mass is 10.1. The number of aryl methyl sites for hydroxylation is 2. The van der Waals surface area contributed by atoms with Crippen molar-refractivity contribution in [2.75, 3.05) is 18.5 Å². The van der Waals surface area contributed by atoms with Crippen molar-refractivity contribution in [3.05, 3.63) is 27.7 Å². The number of hydrogen-bond acceptors (Lipinski definition) is 6. The van der Waals surface area contributed by atoms with Crippen molar-refractivity contribution in [3.63, 3.8) is 0 Å². The molecule has 3 aromatic heterocycles. The molecule has 3 heterocycles. The number of pyridine rings is 1.